The predicted molar refractivity (Wildman–Crippen MR) is 69.4 cm³/mol. The molecule has 2 amide bonds. The molecule has 2 heterocycles. The molecule has 0 bridgehead atoms. The molecule has 1 N–H and O–H groups in total. The molecule has 1 aliphatic rings. The zero-order valence-electron chi connectivity index (χ0n) is 10.9. The Morgan fingerprint density at radius 2 is 2.11 bits per heavy atom. The second kappa shape index (κ2) is 6.29. The number of hydrogen-bond acceptors (Lipinski definition) is 5. The van der Waals surface area contributed by atoms with Crippen LogP contribution in [-0.4, -0.2) is 41.5 Å². The maximum Gasteiger partial charge on any atom is 0.255 e. The standard InChI is InChI=1S/C13H17N3O3/c1-2-4-14-10-3-5-15-11(6-10)7-16-12(17)8-19-9-13(16)18/h3,5-6H,2,4,7-9H2,1H3,(H,14,15). The average Bonchev–Trinajstić information content (AvgIpc) is 2.41. The van der Waals surface area contributed by atoms with Gasteiger partial charge in [-0.15, -0.1) is 0 Å². The SMILES string of the molecule is CCCNc1ccnc(CN2C(=O)COCC2=O)c1. The summed E-state index contributed by atoms with van der Waals surface area (Å²) in [7, 11) is 0. The Balaban J connectivity index is 2.05. The van der Waals surface area contributed by atoms with E-state index in [4.69, 9.17) is 4.74 Å². The highest BCUT2D eigenvalue weighted by Gasteiger charge is 2.26. The lowest BCUT2D eigenvalue weighted by Gasteiger charge is -2.24. The van der Waals surface area contributed by atoms with E-state index in [2.05, 4.69) is 17.2 Å². The number of amides is 2. The molecule has 0 radical (unpaired) electrons. The molecule has 1 fully saturated rings. The highest BCUT2D eigenvalue weighted by molar-refractivity contribution is 5.98. The van der Waals surface area contributed by atoms with Crippen molar-refractivity contribution in [3.8, 4) is 0 Å². The Bertz CT molecular complexity index is 460. The van der Waals surface area contributed by atoms with Crippen molar-refractivity contribution in [2.45, 2.75) is 19.9 Å². The zero-order valence-corrected chi connectivity index (χ0v) is 10.9. The number of morpholine rings is 1. The molecule has 102 valence electrons. The first-order chi connectivity index (χ1) is 9.20. The molecule has 0 saturated carbocycles. The third kappa shape index (κ3) is 3.51. The number of hydrogen-bond donors (Lipinski definition) is 1. The van der Waals surface area contributed by atoms with Crippen LogP contribution in [0.3, 0.4) is 0 Å². The molecule has 19 heavy (non-hydrogen) atoms. The molecule has 6 heteroatoms. The number of carbonyl (C=O) groups is 2. The summed E-state index contributed by atoms with van der Waals surface area (Å²) in [5.41, 5.74) is 1.63. The quantitative estimate of drug-likeness (QED) is 0.795. The van der Waals surface area contributed by atoms with Gasteiger partial charge >= 0.3 is 0 Å². The Labute approximate surface area is 111 Å². The van der Waals surface area contributed by atoms with Crippen molar-refractivity contribution in [2.75, 3.05) is 25.1 Å². The molecular weight excluding hydrogens is 246 g/mol. The first-order valence-electron chi connectivity index (χ1n) is 6.30. The van der Waals surface area contributed by atoms with E-state index in [0.29, 0.717) is 5.69 Å². The largest absolute Gasteiger partial charge is 0.385 e. The van der Waals surface area contributed by atoms with Gasteiger partial charge in [0.2, 0.25) is 0 Å². The highest BCUT2D eigenvalue weighted by Crippen LogP contribution is 2.12. The molecular formula is C13H17N3O3. The van der Waals surface area contributed by atoms with Gasteiger partial charge in [0.25, 0.3) is 11.8 Å². The van der Waals surface area contributed by atoms with E-state index in [1.165, 1.54) is 4.90 Å². The van der Waals surface area contributed by atoms with Gasteiger partial charge in [-0.05, 0) is 18.6 Å². The average molecular weight is 263 g/mol. The van der Waals surface area contributed by atoms with E-state index in [1.54, 1.807) is 6.20 Å². The van der Waals surface area contributed by atoms with Gasteiger partial charge in [0.1, 0.15) is 13.2 Å². The van der Waals surface area contributed by atoms with Crippen LogP contribution in [0, 0.1) is 0 Å². The molecule has 1 aromatic heterocycles. The van der Waals surface area contributed by atoms with Crippen LogP contribution in [0.4, 0.5) is 5.69 Å². The van der Waals surface area contributed by atoms with E-state index in [1.807, 2.05) is 12.1 Å². The Morgan fingerprint density at radius 1 is 1.37 bits per heavy atom. The molecule has 1 saturated heterocycles. The third-order valence-electron chi connectivity index (χ3n) is 2.77. The summed E-state index contributed by atoms with van der Waals surface area (Å²) in [6.45, 7) is 3.07. The number of ether oxygens (including phenoxy) is 1. The van der Waals surface area contributed by atoms with Crippen molar-refractivity contribution < 1.29 is 14.3 Å². The van der Waals surface area contributed by atoms with Crippen LogP contribution in [0.5, 0.6) is 0 Å². The molecule has 1 aromatic rings. The first-order valence-corrected chi connectivity index (χ1v) is 6.30. The van der Waals surface area contributed by atoms with E-state index in [9.17, 15) is 9.59 Å². The van der Waals surface area contributed by atoms with Gasteiger partial charge in [-0.25, -0.2) is 0 Å². The summed E-state index contributed by atoms with van der Waals surface area (Å²) in [6, 6.07) is 3.72. The second-order valence-electron chi connectivity index (χ2n) is 4.33. The Kier molecular flexibility index (Phi) is 4.46. The molecule has 0 aromatic carbocycles. The van der Waals surface area contributed by atoms with Gasteiger partial charge in [0.15, 0.2) is 0 Å². The van der Waals surface area contributed by atoms with E-state index < -0.39 is 0 Å². The number of anilines is 1. The van der Waals surface area contributed by atoms with Crippen molar-refractivity contribution in [3.63, 3.8) is 0 Å². The number of pyridine rings is 1. The number of nitrogens with zero attached hydrogens (tertiary/aromatic N) is 2. The molecule has 0 aliphatic carbocycles. The normalized spacial score (nSPS) is 15.7. The minimum atomic E-state index is -0.315. The highest BCUT2D eigenvalue weighted by atomic mass is 16.5. The van der Waals surface area contributed by atoms with E-state index in [0.717, 1.165) is 18.7 Å². The molecule has 0 atom stereocenters. The summed E-state index contributed by atoms with van der Waals surface area (Å²) in [5.74, 6) is -0.630. The van der Waals surface area contributed by atoms with E-state index in [-0.39, 0.29) is 31.6 Å². The summed E-state index contributed by atoms with van der Waals surface area (Å²) >= 11 is 0. The number of aromatic nitrogens is 1. The summed E-state index contributed by atoms with van der Waals surface area (Å²) in [4.78, 5) is 28.6. The summed E-state index contributed by atoms with van der Waals surface area (Å²) in [5, 5.41) is 3.24. The summed E-state index contributed by atoms with van der Waals surface area (Å²) < 4.78 is 4.87. The monoisotopic (exact) mass is 263 g/mol. The van der Waals surface area contributed by atoms with Crippen LogP contribution in [0.1, 0.15) is 19.0 Å². The molecule has 0 spiro atoms. The van der Waals surface area contributed by atoms with Crippen LogP contribution < -0.4 is 5.32 Å². The fourth-order valence-corrected chi connectivity index (χ4v) is 1.80. The first kappa shape index (κ1) is 13.5. The Morgan fingerprint density at radius 3 is 2.79 bits per heavy atom. The van der Waals surface area contributed by atoms with Crippen molar-refractivity contribution >= 4 is 17.5 Å². The number of nitrogens with one attached hydrogen (secondary N) is 1. The van der Waals surface area contributed by atoms with Gasteiger partial charge in [-0.2, -0.15) is 0 Å². The minimum Gasteiger partial charge on any atom is -0.385 e. The van der Waals surface area contributed by atoms with Crippen LogP contribution >= 0.6 is 0 Å². The zero-order chi connectivity index (χ0) is 13.7. The van der Waals surface area contributed by atoms with Gasteiger partial charge < -0.3 is 10.1 Å². The lowest BCUT2D eigenvalue weighted by Crippen LogP contribution is -2.45. The van der Waals surface area contributed by atoms with Gasteiger partial charge in [0, 0.05) is 18.4 Å². The van der Waals surface area contributed by atoms with Gasteiger partial charge in [-0.1, -0.05) is 6.92 Å². The van der Waals surface area contributed by atoms with Crippen molar-refractivity contribution in [1.29, 1.82) is 0 Å². The number of imide groups is 1. The van der Waals surface area contributed by atoms with Gasteiger partial charge in [0.05, 0.1) is 12.2 Å². The number of carbonyl (C=O) groups excluding carboxylic acids is 2. The van der Waals surface area contributed by atoms with Crippen molar-refractivity contribution in [2.24, 2.45) is 0 Å². The fraction of sp³-hybridized carbons (Fsp3) is 0.462. The van der Waals surface area contributed by atoms with Crippen LogP contribution in [-0.2, 0) is 20.9 Å². The maximum absolute atomic E-state index is 11.6. The lowest BCUT2D eigenvalue weighted by atomic mass is 10.2. The minimum absolute atomic E-state index is 0.0421. The Hall–Kier alpha value is -1.95. The predicted octanol–water partition coefficient (Wildman–Crippen LogP) is 0.789. The van der Waals surface area contributed by atoms with Crippen molar-refractivity contribution in [3.05, 3.63) is 24.0 Å². The van der Waals surface area contributed by atoms with Crippen LogP contribution in [0.2, 0.25) is 0 Å². The summed E-state index contributed by atoms with van der Waals surface area (Å²) in [6.07, 6.45) is 2.70. The smallest absolute Gasteiger partial charge is 0.255 e. The second-order valence-corrected chi connectivity index (χ2v) is 4.33. The topological polar surface area (TPSA) is 71.5 Å². The maximum atomic E-state index is 11.6. The van der Waals surface area contributed by atoms with E-state index >= 15 is 0 Å². The van der Waals surface area contributed by atoms with Crippen LogP contribution in [0.15, 0.2) is 18.3 Å². The lowest BCUT2D eigenvalue weighted by molar-refractivity contribution is -0.159. The molecule has 1 aliphatic heterocycles. The molecule has 6 nitrogen and oxygen atoms in total. The van der Waals surface area contributed by atoms with Crippen LogP contribution in [0.25, 0.3) is 0 Å². The number of rotatable bonds is 5. The van der Waals surface area contributed by atoms with Gasteiger partial charge in [-0.3, -0.25) is 19.5 Å². The molecule has 2 rings (SSSR count). The van der Waals surface area contributed by atoms with Crippen molar-refractivity contribution in [1.82, 2.24) is 9.88 Å². The fourth-order valence-electron chi connectivity index (χ4n) is 1.80. The third-order valence-corrected chi connectivity index (χ3v) is 2.77. The molecule has 0 unspecified atom stereocenters.